The van der Waals surface area contributed by atoms with E-state index in [1.165, 1.54) is 23.9 Å². The lowest BCUT2D eigenvalue weighted by molar-refractivity contribution is -0.122. The predicted octanol–water partition coefficient (Wildman–Crippen LogP) is -0.0810. The van der Waals surface area contributed by atoms with Gasteiger partial charge in [0.1, 0.15) is 6.54 Å². The van der Waals surface area contributed by atoms with Gasteiger partial charge in [-0.2, -0.15) is 0 Å². The van der Waals surface area contributed by atoms with Crippen LogP contribution in [0.3, 0.4) is 0 Å². The summed E-state index contributed by atoms with van der Waals surface area (Å²) in [6.45, 7) is 1.65. The van der Waals surface area contributed by atoms with Crippen molar-refractivity contribution in [1.82, 2.24) is 14.5 Å². The number of nitrogens with zero attached hydrogens (tertiary/aromatic N) is 2. The normalized spacial score (nSPS) is 13.9. The number of amides is 2. The van der Waals surface area contributed by atoms with E-state index in [0.717, 1.165) is 21.4 Å². The molecule has 1 aromatic heterocycles. The molecule has 2 amide bonds. The predicted molar refractivity (Wildman–Crippen MR) is 91.3 cm³/mol. The highest BCUT2D eigenvalue weighted by Gasteiger charge is 2.19. The van der Waals surface area contributed by atoms with Gasteiger partial charge in [-0.05, 0) is 24.1 Å². The van der Waals surface area contributed by atoms with Crippen molar-refractivity contribution >= 4 is 17.5 Å². The monoisotopic (exact) mass is 342 g/mol. The van der Waals surface area contributed by atoms with Gasteiger partial charge in [-0.25, -0.2) is 4.79 Å². The molecule has 0 bridgehead atoms. The van der Waals surface area contributed by atoms with Gasteiger partial charge in [0.25, 0.3) is 5.56 Å². The second kappa shape index (κ2) is 6.39. The summed E-state index contributed by atoms with van der Waals surface area (Å²) < 4.78 is 2.12. The molecule has 8 nitrogen and oxygen atoms in total. The summed E-state index contributed by atoms with van der Waals surface area (Å²) in [6.07, 6.45) is 1.64. The van der Waals surface area contributed by atoms with Crippen molar-refractivity contribution in [2.75, 3.05) is 5.32 Å². The van der Waals surface area contributed by atoms with Crippen LogP contribution in [0.5, 0.6) is 0 Å². The summed E-state index contributed by atoms with van der Waals surface area (Å²) in [4.78, 5) is 46.9. The van der Waals surface area contributed by atoms with Crippen molar-refractivity contribution in [1.29, 1.82) is 0 Å². The highest BCUT2D eigenvalue weighted by molar-refractivity contribution is 5.99. The van der Waals surface area contributed by atoms with E-state index in [4.69, 9.17) is 0 Å². The SMILES string of the molecule is CC(NC(=O)Cn1ccc(=O)n(C)c1=O)c1ccc2c(c1)CC(=O)N2. The summed E-state index contributed by atoms with van der Waals surface area (Å²) >= 11 is 0. The Labute approximate surface area is 143 Å². The Morgan fingerprint density at radius 2 is 2.04 bits per heavy atom. The standard InChI is InChI=1S/C17H18N4O4/c1-10(11-3-4-13-12(7-11)8-14(22)19-13)18-15(23)9-21-6-5-16(24)20(2)17(21)25/h3-7,10H,8-9H2,1-2H3,(H,18,23)(H,19,22). The highest BCUT2D eigenvalue weighted by atomic mass is 16.2. The molecule has 3 rings (SSSR count). The number of hydrogen-bond donors (Lipinski definition) is 2. The van der Waals surface area contributed by atoms with Gasteiger partial charge in [0.05, 0.1) is 12.5 Å². The summed E-state index contributed by atoms with van der Waals surface area (Å²) in [5.74, 6) is -0.388. The molecule has 0 fully saturated rings. The molecular formula is C17H18N4O4. The third kappa shape index (κ3) is 3.37. The lowest BCUT2D eigenvalue weighted by Gasteiger charge is -2.16. The molecule has 25 heavy (non-hydrogen) atoms. The van der Waals surface area contributed by atoms with Gasteiger partial charge in [0.2, 0.25) is 11.8 Å². The molecule has 0 spiro atoms. The number of fused-ring (bicyclic) bond motifs is 1. The summed E-state index contributed by atoms with van der Waals surface area (Å²) in [7, 11) is 1.36. The van der Waals surface area contributed by atoms with Crippen molar-refractivity contribution in [3.63, 3.8) is 0 Å². The van der Waals surface area contributed by atoms with Gasteiger partial charge in [-0.15, -0.1) is 0 Å². The number of anilines is 1. The smallest absolute Gasteiger partial charge is 0.331 e. The largest absolute Gasteiger partial charge is 0.348 e. The van der Waals surface area contributed by atoms with Crippen molar-refractivity contribution in [2.45, 2.75) is 25.9 Å². The summed E-state index contributed by atoms with van der Waals surface area (Å²) in [6, 6.07) is 6.50. The fourth-order valence-corrected chi connectivity index (χ4v) is 2.78. The average Bonchev–Trinajstić information content (AvgIpc) is 2.94. The molecule has 0 aliphatic carbocycles. The quantitative estimate of drug-likeness (QED) is 0.811. The van der Waals surface area contributed by atoms with Crippen LogP contribution in [0, 0.1) is 0 Å². The van der Waals surface area contributed by atoms with E-state index in [0.29, 0.717) is 6.42 Å². The van der Waals surface area contributed by atoms with E-state index < -0.39 is 11.2 Å². The Bertz CT molecular complexity index is 973. The van der Waals surface area contributed by atoms with Crippen LogP contribution < -0.4 is 21.9 Å². The molecule has 2 aromatic rings. The molecule has 1 aliphatic heterocycles. The zero-order valence-corrected chi connectivity index (χ0v) is 13.9. The topological polar surface area (TPSA) is 102 Å². The molecule has 1 unspecified atom stereocenters. The minimum atomic E-state index is -0.544. The maximum Gasteiger partial charge on any atom is 0.331 e. The fraction of sp³-hybridized carbons (Fsp3) is 0.294. The highest BCUT2D eigenvalue weighted by Crippen LogP contribution is 2.26. The lowest BCUT2D eigenvalue weighted by atomic mass is 10.0. The number of carbonyl (C=O) groups excluding carboxylic acids is 2. The fourth-order valence-electron chi connectivity index (χ4n) is 2.78. The van der Waals surface area contributed by atoms with Gasteiger partial charge in [0.15, 0.2) is 0 Å². The number of rotatable bonds is 4. The van der Waals surface area contributed by atoms with Crippen LogP contribution in [-0.4, -0.2) is 20.9 Å². The van der Waals surface area contributed by atoms with Crippen LogP contribution in [0.2, 0.25) is 0 Å². The molecule has 8 heteroatoms. The van der Waals surface area contributed by atoms with E-state index in [-0.39, 0.29) is 24.4 Å². The second-order valence-electron chi connectivity index (χ2n) is 6.05. The van der Waals surface area contributed by atoms with Crippen LogP contribution in [0.25, 0.3) is 0 Å². The van der Waals surface area contributed by atoms with E-state index in [1.54, 1.807) is 0 Å². The molecule has 130 valence electrons. The van der Waals surface area contributed by atoms with Gasteiger partial charge in [-0.1, -0.05) is 12.1 Å². The first kappa shape index (κ1) is 16.7. The molecule has 1 atom stereocenters. The van der Waals surface area contributed by atoms with Crippen LogP contribution >= 0.6 is 0 Å². The molecule has 2 N–H and O–H groups in total. The molecule has 0 radical (unpaired) electrons. The van der Waals surface area contributed by atoms with Crippen LogP contribution in [-0.2, 0) is 29.6 Å². The molecular weight excluding hydrogens is 324 g/mol. The Morgan fingerprint density at radius 3 is 2.80 bits per heavy atom. The molecule has 0 saturated heterocycles. The summed E-state index contributed by atoms with van der Waals surface area (Å²) in [5, 5.41) is 5.58. The minimum absolute atomic E-state index is 0.0436. The Hall–Kier alpha value is -3.16. The number of nitrogens with one attached hydrogen (secondary N) is 2. The Kier molecular flexibility index (Phi) is 4.26. The maximum atomic E-state index is 12.2. The van der Waals surface area contributed by atoms with Gasteiger partial charge >= 0.3 is 5.69 Å². The molecule has 1 aliphatic rings. The molecule has 0 saturated carbocycles. The van der Waals surface area contributed by atoms with E-state index >= 15 is 0 Å². The van der Waals surface area contributed by atoms with Crippen molar-refractivity contribution in [3.8, 4) is 0 Å². The maximum absolute atomic E-state index is 12.2. The van der Waals surface area contributed by atoms with Gasteiger partial charge < -0.3 is 10.6 Å². The number of carbonyl (C=O) groups is 2. The number of benzene rings is 1. The average molecular weight is 342 g/mol. The van der Waals surface area contributed by atoms with Crippen LogP contribution in [0.4, 0.5) is 5.69 Å². The molecule has 2 heterocycles. The third-order valence-electron chi connectivity index (χ3n) is 4.21. The second-order valence-corrected chi connectivity index (χ2v) is 6.05. The van der Waals surface area contributed by atoms with E-state index in [2.05, 4.69) is 10.6 Å². The van der Waals surface area contributed by atoms with E-state index in [1.807, 2.05) is 25.1 Å². The molecule has 1 aromatic carbocycles. The zero-order valence-electron chi connectivity index (χ0n) is 13.9. The Balaban J connectivity index is 1.70. The van der Waals surface area contributed by atoms with Crippen molar-refractivity contribution in [2.24, 2.45) is 7.05 Å². The minimum Gasteiger partial charge on any atom is -0.348 e. The zero-order chi connectivity index (χ0) is 18.1. The first-order chi connectivity index (χ1) is 11.8. The summed E-state index contributed by atoms with van der Waals surface area (Å²) in [5.41, 5.74) is 1.60. The van der Waals surface area contributed by atoms with Crippen molar-refractivity contribution < 1.29 is 9.59 Å². The van der Waals surface area contributed by atoms with Crippen molar-refractivity contribution in [3.05, 3.63) is 62.4 Å². The lowest BCUT2D eigenvalue weighted by Crippen LogP contribution is -2.40. The third-order valence-corrected chi connectivity index (χ3v) is 4.21. The van der Waals surface area contributed by atoms with E-state index in [9.17, 15) is 19.2 Å². The van der Waals surface area contributed by atoms with Gasteiger partial charge in [0, 0.05) is 25.0 Å². The number of aromatic nitrogens is 2. The van der Waals surface area contributed by atoms with Crippen LogP contribution in [0.15, 0.2) is 40.1 Å². The van der Waals surface area contributed by atoms with Crippen LogP contribution in [0.1, 0.15) is 24.1 Å². The first-order valence-electron chi connectivity index (χ1n) is 7.83. The van der Waals surface area contributed by atoms with Gasteiger partial charge in [-0.3, -0.25) is 23.5 Å². The first-order valence-corrected chi connectivity index (χ1v) is 7.83. The Morgan fingerprint density at radius 1 is 1.28 bits per heavy atom. The number of hydrogen-bond acceptors (Lipinski definition) is 4.